The number of hydrogen-bond acceptors (Lipinski definition) is 4. The SMILES string of the molecule is COc1ccc(CNC(=O)c2ccc(S(=O)(=O)Nc3ccc(C)c(C)c3)cc2)cc1. The highest BCUT2D eigenvalue weighted by Crippen LogP contribution is 2.19. The van der Waals surface area contributed by atoms with Crippen LogP contribution in [0.15, 0.2) is 71.6 Å². The Labute approximate surface area is 177 Å². The Kier molecular flexibility index (Phi) is 6.42. The van der Waals surface area contributed by atoms with Crippen LogP contribution in [0.25, 0.3) is 0 Å². The number of anilines is 1. The van der Waals surface area contributed by atoms with Crippen molar-refractivity contribution < 1.29 is 17.9 Å². The first-order chi connectivity index (χ1) is 14.3. The number of benzene rings is 3. The molecule has 3 aromatic carbocycles. The van der Waals surface area contributed by atoms with E-state index in [4.69, 9.17) is 4.74 Å². The van der Waals surface area contributed by atoms with Gasteiger partial charge < -0.3 is 10.1 Å². The predicted octanol–water partition coefficient (Wildman–Crippen LogP) is 4.04. The van der Waals surface area contributed by atoms with Gasteiger partial charge >= 0.3 is 0 Å². The van der Waals surface area contributed by atoms with Gasteiger partial charge in [0.15, 0.2) is 0 Å². The zero-order valence-corrected chi connectivity index (χ0v) is 17.9. The van der Waals surface area contributed by atoms with Crippen LogP contribution < -0.4 is 14.8 Å². The molecule has 0 aliphatic rings. The quantitative estimate of drug-likeness (QED) is 0.599. The molecule has 3 aromatic rings. The van der Waals surface area contributed by atoms with E-state index < -0.39 is 10.0 Å². The minimum Gasteiger partial charge on any atom is -0.497 e. The number of aryl methyl sites for hydroxylation is 2. The first-order valence-corrected chi connectivity index (χ1v) is 10.9. The average Bonchev–Trinajstić information content (AvgIpc) is 2.75. The van der Waals surface area contributed by atoms with Crippen molar-refractivity contribution in [3.63, 3.8) is 0 Å². The van der Waals surface area contributed by atoms with Gasteiger partial charge in [-0.1, -0.05) is 18.2 Å². The Bertz CT molecular complexity index is 1140. The second-order valence-corrected chi connectivity index (χ2v) is 8.64. The molecule has 2 N–H and O–H groups in total. The molecule has 6 nitrogen and oxygen atoms in total. The summed E-state index contributed by atoms with van der Waals surface area (Å²) in [4.78, 5) is 12.5. The summed E-state index contributed by atoms with van der Waals surface area (Å²) in [6.45, 7) is 4.25. The topological polar surface area (TPSA) is 84.5 Å². The summed E-state index contributed by atoms with van der Waals surface area (Å²) in [5, 5.41) is 2.82. The molecule has 3 rings (SSSR count). The fraction of sp³-hybridized carbons (Fsp3) is 0.174. The zero-order valence-electron chi connectivity index (χ0n) is 17.1. The monoisotopic (exact) mass is 424 g/mol. The van der Waals surface area contributed by atoms with E-state index in [0.29, 0.717) is 17.8 Å². The Hall–Kier alpha value is -3.32. The summed E-state index contributed by atoms with van der Waals surface area (Å²) in [5.74, 6) is 0.466. The maximum atomic E-state index is 12.6. The predicted molar refractivity (Wildman–Crippen MR) is 117 cm³/mol. The van der Waals surface area contributed by atoms with Crippen LogP contribution in [0.1, 0.15) is 27.0 Å². The molecule has 0 saturated heterocycles. The van der Waals surface area contributed by atoms with Crippen LogP contribution in [0.4, 0.5) is 5.69 Å². The van der Waals surface area contributed by atoms with E-state index in [0.717, 1.165) is 22.4 Å². The van der Waals surface area contributed by atoms with Crippen LogP contribution in [-0.2, 0) is 16.6 Å². The van der Waals surface area contributed by atoms with E-state index in [1.807, 2.05) is 44.2 Å². The molecule has 0 aromatic heterocycles. The lowest BCUT2D eigenvalue weighted by atomic mass is 10.1. The highest BCUT2D eigenvalue weighted by Gasteiger charge is 2.15. The minimum atomic E-state index is -3.74. The normalized spacial score (nSPS) is 11.0. The molecule has 0 aliphatic heterocycles. The lowest BCUT2D eigenvalue weighted by molar-refractivity contribution is 0.0951. The second kappa shape index (κ2) is 9.00. The third kappa shape index (κ3) is 5.18. The van der Waals surface area contributed by atoms with Crippen LogP contribution in [0, 0.1) is 13.8 Å². The summed E-state index contributed by atoms with van der Waals surface area (Å²) in [5.41, 5.74) is 3.90. The van der Waals surface area contributed by atoms with Crippen molar-refractivity contribution in [2.75, 3.05) is 11.8 Å². The maximum absolute atomic E-state index is 12.6. The summed E-state index contributed by atoms with van der Waals surface area (Å²) in [7, 11) is -2.15. The van der Waals surface area contributed by atoms with Crippen LogP contribution in [0.2, 0.25) is 0 Å². The fourth-order valence-corrected chi connectivity index (χ4v) is 3.88. The number of ether oxygens (including phenoxy) is 1. The Balaban J connectivity index is 1.65. The first kappa shape index (κ1) is 21.4. The van der Waals surface area contributed by atoms with Crippen LogP contribution in [0.3, 0.4) is 0 Å². The van der Waals surface area contributed by atoms with Crippen LogP contribution >= 0.6 is 0 Å². The number of carbonyl (C=O) groups is 1. The minimum absolute atomic E-state index is 0.0902. The molecular weight excluding hydrogens is 400 g/mol. The molecule has 0 heterocycles. The van der Waals surface area contributed by atoms with Gasteiger partial charge in [-0.05, 0) is 79.1 Å². The lowest BCUT2D eigenvalue weighted by Gasteiger charge is -2.11. The van der Waals surface area contributed by atoms with Crippen molar-refractivity contribution in [2.24, 2.45) is 0 Å². The number of methoxy groups -OCH3 is 1. The number of sulfonamides is 1. The van der Waals surface area contributed by atoms with Crippen molar-refractivity contribution in [3.8, 4) is 5.75 Å². The van der Waals surface area contributed by atoms with Gasteiger partial charge in [-0.15, -0.1) is 0 Å². The average molecular weight is 425 g/mol. The Morgan fingerprint density at radius 2 is 1.57 bits per heavy atom. The molecule has 1 amide bonds. The summed E-state index contributed by atoms with van der Waals surface area (Å²) in [6.07, 6.45) is 0. The van der Waals surface area contributed by atoms with Gasteiger partial charge in [-0.3, -0.25) is 9.52 Å². The van der Waals surface area contributed by atoms with Crippen LogP contribution in [0.5, 0.6) is 5.75 Å². The van der Waals surface area contributed by atoms with E-state index in [2.05, 4.69) is 10.0 Å². The number of rotatable bonds is 7. The molecule has 0 atom stereocenters. The van der Waals surface area contributed by atoms with Gasteiger partial charge in [0.2, 0.25) is 0 Å². The van der Waals surface area contributed by atoms with E-state index in [-0.39, 0.29) is 10.8 Å². The second-order valence-electron chi connectivity index (χ2n) is 6.96. The molecule has 0 spiro atoms. The summed E-state index contributed by atoms with van der Waals surface area (Å²) in [6, 6.07) is 18.6. The fourth-order valence-electron chi connectivity index (χ4n) is 2.83. The molecule has 156 valence electrons. The Morgan fingerprint density at radius 1 is 0.900 bits per heavy atom. The van der Waals surface area contributed by atoms with E-state index in [1.54, 1.807) is 19.2 Å². The lowest BCUT2D eigenvalue weighted by Crippen LogP contribution is -2.23. The third-order valence-corrected chi connectivity index (χ3v) is 6.20. The largest absolute Gasteiger partial charge is 0.497 e. The van der Waals surface area contributed by atoms with E-state index in [9.17, 15) is 13.2 Å². The van der Waals surface area contributed by atoms with Gasteiger partial charge in [0.1, 0.15) is 5.75 Å². The van der Waals surface area contributed by atoms with Gasteiger partial charge in [-0.25, -0.2) is 8.42 Å². The first-order valence-electron chi connectivity index (χ1n) is 9.40. The maximum Gasteiger partial charge on any atom is 0.261 e. The van der Waals surface area contributed by atoms with E-state index >= 15 is 0 Å². The van der Waals surface area contributed by atoms with Gasteiger partial charge in [0.05, 0.1) is 12.0 Å². The standard InChI is InChI=1S/C23H24N2O4S/c1-16-4-9-20(14-17(16)2)25-30(27,28)22-12-7-19(8-13-22)23(26)24-15-18-5-10-21(29-3)11-6-18/h4-14,25H,15H2,1-3H3,(H,24,26). The van der Waals surface area contributed by atoms with Crippen molar-refractivity contribution >= 4 is 21.6 Å². The molecule has 0 saturated carbocycles. The summed E-state index contributed by atoms with van der Waals surface area (Å²) >= 11 is 0. The van der Waals surface area contributed by atoms with Gasteiger partial charge in [-0.2, -0.15) is 0 Å². The number of nitrogens with one attached hydrogen (secondary N) is 2. The smallest absolute Gasteiger partial charge is 0.261 e. The molecule has 0 fully saturated rings. The number of hydrogen-bond donors (Lipinski definition) is 2. The van der Waals surface area contributed by atoms with Crippen LogP contribution in [-0.4, -0.2) is 21.4 Å². The molecule has 0 unspecified atom stereocenters. The van der Waals surface area contributed by atoms with Gasteiger partial charge in [0.25, 0.3) is 15.9 Å². The van der Waals surface area contributed by atoms with E-state index in [1.165, 1.54) is 24.3 Å². The molecule has 0 aliphatic carbocycles. The zero-order chi connectivity index (χ0) is 21.7. The van der Waals surface area contributed by atoms with Crippen molar-refractivity contribution in [3.05, 3.63) is 89.0 Å². The molecule has 7 heteroatoms. The molecule has 30 heavy (non-hydrogen) atoms. The third-order valence-electron chi connectivity index (χ3n) is 4.80. The summed E-state index contributed by atoms with van der Waals surface area (Å²) < 4.78 is 32.9. The molecule has 0 bridgehead atoms. The highest BCUT2D eigenvalue weighted by atomic mass is 32.2. The number of carbonyl (C=O) groups excluding carboxylic acids is 1. The van der Waals surface area contributed by atoms with Crippen molar-refractivity contribution in [1.29, 1.82) is 0 Å². The molecule has 0 radical (unpaired) electrons. The highest BCUT2D eigenvalue weighted by molar-refractivity contribution is 7.92. The Morgan fingerprint density at radius 3 is 2.17 bits per heavy atom. The van der Waals surface area contributed by atoms with Gasteiger partial charge in [0, 0.05) is 17.8 Å². The van der Waals surface area contributed by atoms with Crippen molar-refractivity contribution in [1.82, 2.24) is 5.32 Å². The molecular formula is C23H24N2O4S. The number of amides is 1. The van der Waals surface area contributed by atoms with Crippen molar-refractivity contribution in [2.45, 2.75) is 25.3 Å².